The van der Waals surface area contributed by atoms with Gasteiger partial charge < -0.3 is 24.1 Å². The molecule has 3 aromatic rings. The summed E-state index contributed by atoms with van der Waals surface area (Å²) in [7, 11) is 5.13. The first-order valence-corrected chi connectivity index (χ1v) is 9.28. The van der Waals surface area contributed by atoms with E-state index < -0.39 is 0 Å². The van der Waals surface area contributed by atoms with Crippen molar-refractivity contribution in [1.82, 2.24) is 14.9 Å². The molecule has 0 spiro atoms. The van der Waals surface area contributed by atoms with Gasteiger partial charge in [0.05, 0.1) is 27.2 Å². The minimum absolute atomic E-state index is 0.123. The Morgan fingerprint density at radius 3 is 2.14 bits per heavy atom. The molecule has 0 aliphatic heterocycles. The zero-order valence-corrected chi connectivity index (χ0v) is 16.8. The number of hydrogen-bond donors (Lipinski definition) is 1. The number of imidazole rings is 1. The predicted molar refractivity (Wildman–Crippen MR) is 109 cm³/mol. The second-order valence-electron chi connectivity index (χ2n) is 6.44. The third-order valence-electron chi connectivity index (χ3n) is 4.53. The van der Waals surface area contributed by atoms with Gasteiger partial charge in [-0.2, -0.15) is 0 Å². The standard InChI is InChI=1S/C22H25N3O4/c1-25-14-13-23-22(25)21(16-4-6-17(27-2)7-5-16)24-20(26)12-15-29-19-10-8-18(28-3)9-11-19/h4-11,13-14,21H,12,15H2,1-3H3,(H,24,26)/t21-/m0/s1. The van der Waals surface area contributed by atoms with Gasteiger partial charge in [0.15, 0.2) is 0 Å². The Kier molecular flexibility index (Phi) is 6.73. The van der Waals surface area contributed by atoms with E-state index in [9.17, 15) is 4.79 Å². The van der Waals surface area contributed by atoms with Crippen molar-refractivity contribution in [3.05, 3.63) is 72.3 Å². The van der Waals surface area contributed by atoms with E-state index in [4.69, 9.17) is 14.2 Å². The van der Waals surface area contributed by atoms with E-state index in [-0.39, 0.29) is 25.0 Å². The molecule has 0 fully saturated rings. The van der Waals surface area contributed by atoms with Crippen LogP contribution in [0.2, 0.25) is 0 Å². The van der Waals surface area contributed by atoms with Crippen molar-refractivity contribution >= 4 is 5.91 Å². The predicted octanol–water partition coefficient (Wildman–Crippen LogP) is 3.11. The number of nitrogens with zero attached hydrogens (tertiary/aromatic N) is 2. The highest BCUT2D eigenvalue weighted by Crippen LogP contribution is 2.23. The average molecular weight is 395 g/mol. The first kappa shape index (κ1) is 20.3. The maximum Gasteiger partial charge on any atom is 0.224 e. The maximum atomic E-state index is 12.6. The van der Waals surface area contributed by atoms with E-state index in [1.807, 2.05) is 66.3 Å². The molecular weight excluding hydrogens is 370 g/mol. The number of methoxy groups -OCH3 is 2. The molecule has 2 aromatic carbocycles. The zero-order valence-electron chi connectivity index (χ0n) is 16.8. The van der Waals surface area contributed by atoms with Gasteiger partial charge >= 0.3 is 0 Å². The minimum atomic E-state index is -0.366. The summed E-state index contributed by atoms with van der Waals surface area (Å²) in [6.07, 6.45) is 3.79. The van der Waals surface area contributed by atoms with Crippen LogP contribution in [0.3, 0.4) is 0 Å². The van der Waals surface area contributed by atoms with Gasteiger partial charge in [-0.15, -0.1) is 0 Å². The summed E-state index contributed by atoms with van der Waals surface area (Å²) in [5, 5.41) is 3.06. The molecular formula is C22H25N3O4. The van der Waals surface area contributed by atoms with Gasteiger partial charge in [-0.05, 0) is 42.0 Å². The van der Waals surface area contributed by atoms with Crippen LogP contribution in [0, 0.1) is 0 Å². The molecule has 0 saturated heterocycles. The highest BCUT2D eigenvalue weighted by molar-refractivity contribution is 5.77. The summed E-state index contributed by atoms with van der Waals surface area (Å²) in [4.78, 5) is 17.0. The maximum absolute atomic E-state index is 12.6. The normalized spacial score (nSPS) is 11.6. The van der Waals surface area contributed by atoms with E-state index in [1.54, 1.807) is 20.4 Å². The fourth-order valence-corrected chi connectivity index (χ4v) is 2.92. The lowest BCUT2D eigenvalue weighted by molar-refractivity contribution is -0.122. The van der Waals surface area contributed by atoms with E-state index in [1.165, 1.54) is 0 Å². The van der Waals surface area contributed by atoms with Crippen LogP contribution < -0.4 is 19.5 Å². The molecule has 1 aromatic heterocycles. The third kappa shape index (κ3) is 5.28. The van der Waals surface area contributed by atoms with E-state index >= 15 is 0 Å². The molecule has 0 bridgehead atoms. The number of benzene rings is 2. The Morgan fingerprint density at radius 2 is 1.59 bits per heavy atom. The van der Waals surface area contributed by atoms with E-state index in [0.29, 0.717) is 5.75 Å². The monoisotopic (exact) mass is 395 g/mol. The Labute approximate surface area is 170 Å². The largest absolute Gasteiger partial charge is 0.497 e. The molecule has 0 aliphatic rings. The van der Waals surface area contributed by atoms with Crippen molar-refractivity contribution in [2.24, 2.45) is 7.05 Å². The van der Waals surface area contributed by atoms with Gasteiger partial charge in [0.2, 0.25) is 5.91 Å². The molecule has 7 heteroatoms. The van der Waals surface area contributed by atoms with Gasteiger partial charge in [-0.25, -0.2) is 4.98 Å². The number of rotatable bonds is 9. The highest BCUT2D eigenvalue weighted by Gasteiger charge is 2.20. The fourth-order valence-electron chi connectivity index (χ4n) is 2.92. The van der Waals surface area contributed by atoms with Crippen molar-refractivity contribution in [3.8, 4) is 17.2 Å². The second-order valence-corrected chi connectivity index (χ2v) is 6.44. The van der Waals surface area contributed by atoms with E-state index in [0.717, 1.165) is 22.9 Å². The number of aryl methyl sites for hydroxylation is 1. The lowest BCUT2D eigenvalue weighted by Crippen LogP contribution is -2.32. The van der Waals surface area contributed by atoms with Gasteiger partial charge in [-0.3, -0.25) is 4.79 Å². The molecule has 1 amide bonds. The lowest BCUT2D eigenvalue weighted by atomic mass is 10.1. The number of nitrogens with one attached hydrogen (secondary N) is 1. The Balaban J connectivity index is 1.63. The minimum Gasteiger partial charge on any atom is -0.497 e. The molecule has 29 heavy (non-hydrogen) atoms. The van der Waals surface area contributed by atoms with Crippen LogP contribution in [-0.4, -0.2) is 36.3 Å². The number of hydrogen-bond acceptors (Lipinski definition) is 5. The Morgan fingerprint density at radius 1 is 1.00 bits per heavy atom. The molecule has 0 radical (unpaired) electrons. The van der Waals surface area contributed by atoms with Crippen molar-refractivity contribution in [3.63, 3.8) is 0 Å². The summed E-state index contributed by atoms with van der Waals surface area (Å²) in [5.41, 5.74) is 0.921. The van der Waals surface area contributed by atoms with Gasteiger partial charge in [0.25, 0.3) is 0 Å². The second kappa shape index (κ2) is 9.64. The molecule has 152 valence electrons. The van der Waals surface area contributed by atoms with Crippen LogP contribution in [-0.2, 0) is 11.8 Å². The number of amides is 1. The van der Waals surface area contributed by atoms with Crippen molar-refractivity contribution in [2.45, 2.75) is 12.5 Å². The Bertz CT molecular complexity index is 920. The summed E-state index contributed by atoms with van der Waals surface area (Å²) < 4.78 is 17.9. The molecule has 1 atom stereocenters. The van der Waals surface area contributed by atoms with Crippen LogP contribution in [0.25, 0.3) is 0 Å². The topological polar surface area (TPSA) is 74.6 Å². The van der Waals surface area contributed by atoms with Crippen LogP contribution in [0.15, 0.2) is 60.9 Å². The molecule has 1 heterocycles. The number of ether oxygens (including phenoxy) is 3. The molecule has 0 saturated carbocycles. The fraction of sp³-hybridized carbons (Fsp3) is 0.273. The Hall–Kier alpha value is -3.48. The van der Waals surface area contributed by atoms with Crippen molar-refractivity contribution < 1.29 is 19.0 Å². The van der Waals surface area contributed by atoms with Crippen LogP contribution in [0.5, 0.6) is 17.2 Å². The SMILES string of the molecule is COc1ccc(OCCC(=O)N[C@@H](c2ccc(OC)cc2)c2nccn2C)cc1. The number of carbonyl (C=O) groups excluding carboxylic acids is 1. The quantitative estimate of drug-likeness (QED) is 0.603. The third-order valence-corrected chi connectivity index (χ3v) is 4.53. The van der Waals surface area contributed by atoms with Gasteiger partial charge in [0, 0.05) is 19.4 Å². The van der Waals surface area contributed by atoms with Crippen molar-refractivity contribution in [2.75, 3.05) is 20.8 Å². The first-order chi connectivity index (χ1) is 14.1. The molecule has 0 unspecified atom stereocenters. The van der Waals surface area contributed by atoms with Gasteiger partial charge in [0.1, 0.15) is 29.1 Å². The van der Waals surface area contributed by atoms with Crippen LogP contribution >= 0.6 is 0 Å². The van der Waals surface area contributed by atoms with Gasteiger partial charge in [-0.1, -0.05) is 12.1 Å². The summed E-state index contributed by atoms with van der Waals surface area (Å²) in [5.74, 6) is 2.83. The molecule has 7 nitrogen and oxygen atoms in total. The smallest absolute Gasteiger partial charge is 0.224 e. The van der Waals surface area contributed by atoms with Crippen molar-refractivity contribution in [1.29, 1.82) is 0 Å². The van der Waals surface area contributed by atoms with Crippen LogP contribution in [0.4, 0.5) is 0 Å². The summed E-state index contributed by atoms with van der Waals surface area (Å²) in [6, 6.07) is 14.5. The number of aromatic nitrogens is 2. The van der Waals surface area contributed by atoms with E-state index in [2.05, 4.69) is 10.3 Å². The summed E-state index contributed by atoms with van der Waals surface area (Å²) in [6.45, 7) is 0.272. The average Bonchev–Trinajstić information content (AvgIpc) is 3.18. The summed E-state index contributed by atoms with van der Waals surface area (Å²) >= 11 is 0. The molecule has 0 aliphatic carbocycles. The molecule has 1 N–H and O–H groups in total. The lowest BCUT2D eigenvalue weighted by Gasteiger charge is -2.19. The highest BCUT2D eigenvalue weighted by atomic mass is 16.5. The van der Waals surface area contributed by atoms with Crippen LogP contribution in [0.1, 0.15) is 23.9 Å². The molecule has 3 rings (SSSR count). The number of carbonyl (C=O) groups is 1. The zero-order chi connectivity index (χ0) is 20.6. The first-order valence-electron chi connectivity index (χ1n) is 9.28.